The van der Waals surface area contributed by atoms with Gasteiger partial charge in [-0.05, 0) is 43.9 Å². The van der Waals surface area contributed by atoms with Crippen molar-refractivity contribution in [2.75, 3.05) is 26.2 Å². The molecule has 2 fully saturated rings. The lowest BCUT2D eigenvalue weighted by Crippen LogP contribution is -2.59. The van der Waals surface area contributed by atoms with Gasteiger partial charge in [0.2, 0.25) is 0 Å². The Morgan fingerprint density at radius 1 is 1.39 bits per heavy atom. The summed E-state index contributed by atoms with van der Waals surface area (Å²) in [7, 11) is 0. The normalized spacial score (nSPS) is 21.6. The van der Waals surface area contributed by atoms with Crippen molar-refractivity contribution in [3.8, 4) is 5.75 Å². The molecule has 6 heteroatoms. The molecule has 2 aliphatic heterocycles. The highest BCUT2D eigenvalue weighted by Crippen LogP contribution is 2.21. The number of hydrogen-bond donors (Lipinski definition) is 1. The minimum absolute atomic E-state index is 0.0215. The largest absolute Gasteiger partial charge is 0.487 e. The van der Waals surface area contributed by atoms with E-state index in [2.05, 4.69) is 5.32 Å². The smallest absolute Gasteiger partial charge is 0.317 e. The molecule has 0 radical (unpaired) electrons. The van der Waals surface area contributed by atoms with Gasteiger partial charge in [-0.1, -0.05) is 17.7 Å². The molecular formula is C17H23ClN2O3. The summed E-state index contributed by atoms with van der Waals surface area (Å²) in [5, 5.41) is 3.61. The number of carbonyl (C=O) groups excluding carboxylic acids is 1. The highest BCUT2D eigenvalue weighted by Gasteiger charge is 2.32. The summed E-state index contributed by atoms with van der Waals surface area (Å²) in [5.41, 5.74) is 0. The SMILES string of the molecule is O=C(NCCC1CCCCO1)N1CC(Oc2cccc(Cl)c2)C1. The first kappa shape index (κ1) is 16.4. The molecular weight excluding hydrogens is 316 g/mol. The second-order valence-electron chi connectivity index (χ2n) is 6.11. The fourth-order valence-electron chi connectivity index (χ4n) is 2.90. The number of carbonyl (C=O) groups is 1. The summed E-state index contributed by atoms with van der Waals surface area (Å²) in [6.07, 6.45) is 4.73. The van der Waals surface area contributed by atoms with Crippen molar-refractivity contribution in [2.45, 2.75) is 37.9 Å². The van der Waals surface area contributed by atoms with Gasteiger partial charge in [-0.2, -0.15) is 0 Å². The van der Waals surface area contributed by atoms with Gasteiger partial charge in [0.25, 0.3) is 0 Å². The van der Waals surface area contributed by atoms with Crippen molar-refractivity contribution < 1.29 is 14.3 Å². The fraction of sp³-hybridized carbons (Fsp3) is 0.588. The lowest BCUT2D eigenvalue weighted by atomic mass is 10.1. The van der Waals surface area contributed by atoms with Crippen LogP contribution in [-0.4, -0.2) is 49.4 Å². The van der Waals surface area contributed by atoms with Crippen LogP contribution in [0.15, 0.2) is 24.3 Å². The van der Waals surface area contributed by atoms with E-state index in [1.165, 1.54) is 6.42 Å². The number of likely N-dealkylation sites (tertiary alicyclic amines) is 1. The van der Waals surface area contributed by atoms with E-state index in [1.54, 1.807) is 11.0 Å². The zero-order valence-corrected chi connectivity index (χ0v) is 13.9. The van der Waals surface area contributed by atoms with Crippen LogP contribution in [0.25, 0.3) is 0 Å². The van der Waals surface area contributed by atoms with E-state index in [4.69, 9.17) is 21.1 Å². The number of nitrogens with zero attached hydrogens (tertiary/aromatic N) is 1. The highest BCUT2D eigenvalue weighted by atomic mass is 35.5. The van der Waals surface area contributed by atoms with E-state index in [0.717, 1.165) is 31.6 Å². The molecule has 1 atom stereocenters. The molecule has 3 rings (SSSR count). The van der Waals surface area contributed by atoms with Crippen LogP contribution >= 0.6 is 11.6 Å². The Balaban J connectivity index is 1.31. The molecule has 2 saturated heterocycles. The van der Waals surface area contributed by atoms with Gasteiger partial charge in [-0.25, -0.2) is 4.79 Å². The molecule has 126 valence electrons. The van der Waals surface area contributed by atoms with Crippen LogP contribution in [0.2, 0.25) is 5.02 Å². The molecule has 2 heterocycles. The molecule has 1 aromatic rings. The summed E-state index contributed by atoms with van der Waals surface area (Å²) in [4.78, 5) is 13.8. The average Bonchev–Trinajstić information content (AvgIpc) is 2.51. The Kier molecular flexibility index (Phi) is 5.62. The van der Waals surface area contributed by atoms with Gasteiger partial charge in [-0.3, -0.25) is 0 Å². The van der Waals surface area contributed by atoms with Gasteiger partial charge in [0.05, 0.1) is 19.2 Å². The first-order valence-electron chi connectivity index (χ1n) is 8.27. The van der Waals surface area contributed by atoms with E-state index in [-0.39, 0.29) is 12.1 Å². The van der Waals surface area contributed by atoms with Gasteiger partial charge < -0.3 is 19.7 Å². The standard InChI is InChI=1S/C17H23ClN2O3/c18-13-4-3-6-15(10-13)23-16-11-20(12-16)17(21)19-8-7-14-5-1-2-9-22-14/h3-4,6,10,14,16H,1-2,5,7-9,11-12H2,(H,19,21). The molecule has 1 aromatic carbocycles. The average molecular weight is 339 g/mol. The number of hydrogen-bond acceptors (Lipinski definition) is 3. The maximum absolute atomic E-state index is 12.0. The van der Waals surface area contributed by atoms with E-state index in [0.29, 0.717) is 30.8 Å². The molecule has 5 nitrogen and oxygen atoms in total. The molecule has 0 saturated carbocycles. The van der Waals surface area contributed by atoms with Crippen LogP contribution < -0.4 is 10.1 Å². The van der Waals surface area contributed by atoms with E-state index < -0.39 is 0 Å². The minimum Gasteiger partial charge on any atom is -0.487 e. The third-order valence-electron chi connectivity index (χ3n) is 4.25. The molecule has 2 aliphatic rings. The van der Waals surface area contributed by atoms with Crippen molar-refractivity contribution in [1.29, 1.82) is 0 Å². The van der Waals surface area contributed by atoms with Crippen LogP contribution in [0.5, 0.6) is 5.75 Å². The summed E-state index contributed by atoms with van der Waals surface area (Å²) in [6, 6.07) is 7.30. The van der Waals surface area contributed by atoms with Crippen molar-refractivity contribution in [2.24, 2.45) is 0 Å². The Bertz CT molecular complexity index is 528. The van der Waals surface area contributed by atoms with Crippen LogP contribution in [0, 0.1) is 0 Å². The van der Waals surface area contributed by atoms with Crippen molar-refractivity contribution in [3.63, 3.8) is 0 Å². The lowest BCUT2D eigenvalue weighted by molar-refractivity contribution is 0.0109. The Morgan fingerprint density at radius 3 is 3.00 bits per heavy atom. The second-order valence-corrected chi connectivity index (χ2v) is 6.55. The van der Waals surface area contributed by atoms with Gasteiger partial charge in [-0.15, -0.1) is 0 Å². The third-order valence-corrected chi connectivity index (χ3v) is 4.49. The molecule has 1 unspecified atom stereocenters. The molecule has 1 N–H and O–H groups in total. The zero-order valence-electron chi connectivity index (χ0n) is 13.2. The summed E-state index contributed by atoms with van der Waals surface area (Å²) < 4.78 is 11.4. The number of ether oxygens (including phenoxy) is 2. The monoisotopic (exact) mass is 338 g/mol. The quantitative estimate of drug-likeness (QED) is 0.897. The van der Waals surface area contributed by atoms with E-state index in [9.17, 15) is 4.79 Å². The van der Waals surface area contributed by atoms with Gasteiger partial charge in [0.15, 0.2) is 0 Å². The third kappa shape index (κ3) is 4.75. The second kappa shape index (κ2) is 7.88. The van der Waals surface area contributed by atoms with Crippen LogP contribution in [0.3, 0.4) is 0 Å². The highest BCUT2D eigenvalue weighted by molar-refractivity contribution is 6.30. The topological polar surface area (TPSA) is 50.8 Å². The summed E-state index contributed by atoms with van der Waals surface area (Å²) in [6.45, 7) is 2.74. The number of halogens is 1. The molecule has 23 heavy (non-hydrogen) atoms. The predicted octanol–water partition coefficient (Wildman–Crippen LogP) is 3.07. The Labute approximate surface area is 141 Å². The minimum atomic E-state index is -0.0215. The number of urea groups is 1. The van der Waals surface area contributed by atoms with Crippen molar-refractivity contribution >= 4 is 17.6 Å². The Morgan fingerprint density at radius 2 is 2.26 bits per heavy atom. The molecule has 0 aliphatic carbocycles. The first-order valence-corrected chi connectivity index (χ1v) is 8.65. The van der Waals surface area contributed by atoms with E-state index in [1.807, 2.05) is 18.2 Å². The fourth-order valence-corrected chi connectivity index (χ4v) is 3.08. The molecule has 0 aromatic heterocycles. The maximum atomic E-state index is 12.0. The Hall–Kier alpha value is -1.46. The molecule has 0 spiro atoms. The number of nitrogens with one attached hydrogen (secondary N) is 1. The van der Waals surface area contributed by atoms with Gasteiger partial charge >= 0.3 is 6.03 Å². The van der Waals surface area contributed by atoms with Gasteiger partial charge in [0, 0.05) is 18.2 Å². The van der Waals surface area contributed by atoms with Crippen LogP contribution in [-0.2, 0) is 4.74 Å². The zero-order chi connectivity index (χ0) is 16.1. The predicted molar refractivity (Wildman–Crippen MR) is 89.0 cm³/mol. The summed E-state index contributed by atoms with van der Waals surface area (Å²) in [5.74, 6) is 0.747. The number of rotatable bonds is 5. The van der Waals surface area contributed by atoms with Crippen molar-refractivity contribution in [1.82, 2.24) is 10.2 Å². The lowest BCUT2D eigenvalue weighted by Gasteiger charge is -2.38. The molecule has 0 bridgehead atoms. The first-order chi connectivity index (χ1) is 11.2. The van der Waals surface area contributed by atoms with Crippen molar-refractivity contribution in [3.05, 3.63) is 29.3 Å². The summed E-state index contributed by atoms with van der Waals surface area (Å²) >= 11 is 5.93. The van der Waals surface area contributed by atoms with E-state index >= 15 is 0 Å². The number of amides is 2. The van der Waals surface area contributed by atoms with Crippen LogP contribution in [0.1, 0.15) is 25.7 Å². The van der Waals surface area contributed by atoms with Gasteiger partial charge in [0.1, 0.15) is 11.9 Å². The molecule has 2 amide bonds. The maximum Gasteiger partial charge on any atom is 0.317 e. The number of benzene rings is 1. The van der Waals surface area contributed by atoms with Crippen LogP contribution in [0.4, 0.5) is 4.79 Å².